The molecule has 9 heteroatoms. The summed E-state index contributed by atoms with van der Waals surface area (Å²) in [7, 11) is 1.61. The first kappa shape index (κ1) is 24.0. The minimum atomic E-state index is -0.134. The van der Waals surface area contributed by atoms with Crippen LogP contribution in [0.1, 0.15) is 25.7 Å². The zero-order valence-electron chi connectivity index (χ0n) is 19.4. The predicted molar refractivity (Wildman–Crippen MR) is 129 cm³/mol. The molecular formula is C25H29ClN4O4. The predicted octanol–water partition coefficient (Wildman–Crippen LogP) is 4.19. The summed E-state index contributed by atoms with van der Waals surface area (Å²) in [5.74, 6) is 2.33. The number of nitrogens with zero attached hydrogens (tertiary/aromatic N) is 3. The summed E-state index contributed by atoms with van der Waals surface area (Å²) in [6.07, 6.45) is 1.78. The van der Waals surface area contributed by atoms with Crippen LogP contribution >= 0.6 is 11.6 Å². The van der Waals surface area contributed by atoms with Crippen molar-refractivity contribution in [3.8, 4) is 22.9 Å². The lowest BCUT2D eigenvalue weighted by Crippen LogP contribution is -2.46. The summed E-state index contributed by atoms with van der Waals surface area (Å²) >= 11 is 5.95. The van der Waals surface area contributed by atoms with E-state index in [1.165, 1.54) is 0 Å². The third kappa shape index (κ3) is 6.27. The SMILES string of the molecule is COc1ccccc1OCC(C)NC(=O)C1CCCN(Cc2nc(-c3ccc(Cl)cc3)no2)C1. The van der Waals surface area contributed by atoms with E-state index in [2.05, 4.69) is 20.4 Å². The van der Waals surface area contributed by atoms with Crippen molar-refractivity contribution < 1.29 is 18.8 Å². The second-order valence-corrected chi connectivity index (χ2v) is 8.90. The number of ether oxygens (including phenoxy) is 2. The van der Waals surface area contributed by atoms with Crippen LogP contribution in [0, 0.1) is 5.92 Å². The number of aromatic nitrogens is 2. The number of rotatable bonds is 9. The van der Waals surface area contributed by atoms with Crippen LogP contribution in [0.3, 0.4) is 0 Å². The highest BCUT2D eigenvalue weighted by Gasteiger charge is 2.27. The molecule has 0 radical (unpaired) electrons. The molecule has 8 nitrogen and oxygen atoms in total. The van der Waals surface area contributed by atoms with E-state index in [1.807, 2.05) is 43.3 Å². The van der Waals surface area contributed by atoms with E-state index in [0.717, 1.165) is 24.9 Å². The monoisotopic (exact) mass is 484 g/mol. The highest BCUT2D eigenvalue weighted by Crippen LogP contribution is 2.26. The molecular weight excluding hydrogens is 456 g/mol. The summed E-state index contributed by atoms with van der Waals surface area (Å²) in [6.45, 7) is 4.33. The second kappa shape index (κ2) is 11.4. The maximum atomic E-state index is 12.9. The number of likely N-dealkylation sites (tertiary alicyclic amines) is 1. The molecule has 2 atom stereocenters. The molecule has 34 heavy (non-hydrogen) atoms. The highest BCUT2D eigenvalue weighted by atomic mass is 35.5. The highest BCUT2D eigenvalue weighted by molar-refractivity contribution is 6.30. The van der Waals surface area contributed by atoms with Gasteiger partial charge in [-0.3, -0.25) is 9.69 Å². The molecule has 2 aromatic carbocycles. The molecule has 1 saturated heterocycles. The van der Waals surface area contributed by atoms with E-state index in [1.54, 1.807) is 19.2 Å². The average molecular weight is 485 g/mol. The third-order valence-corrected chi connectivity index (χ3v) is 6.00. The number of nitrogens with one attached hydrogen (secondary N) is 1. The van der Waals surface area contributed by atoms with Crippen LogP contribution in [0.15, 0.2) is 53.1 Å². The smallest absolute Gasteiger partial charge is 0.241 e. The van der Waals surface area contributed by atoms with E-state index in [4.69, 9.17) is 25.6 Å². The van der Waals surface area contributed by atoms with E-state index >= 15 is 0 Å². The van der Waals surface area contributed by atoms with Crippen molar-refractivity contribution in [3.05, 3.63) is 59.4 Å². The summed E-state index contributed by atoms with van der Waals surface area (Å²) in [6, 6.07) is 14.6. The number of carbonyl (C=O) groups is 1. The Morgan fingerprint density at radius 2 is 2.00 bits per heavy atom. The Morgan fingerprint density at radius 1 is 1.24 bits per heavy atom. The number of piperidine rings is 1. The average Bonchev–Trinajstić information content (AvgIpc) is 3.32. The molecule has 1 aliphatic rings. The van der Waals surface area contributed by atoms with Gasteiger partial charge >= 0.3 is 0 Å². The minimum absolute atomic E-state index is 0.0354. The third-order valence-electron chi connectivity index (χ3n) is 5.75. The lowest BCUT2D eigenvalue weighted by atomic mass is 9.97. The standard InChI is InChI=1S/C25H29ClN4O4/c1-17(16-33-22-8-4-3-7-21(22)32-2)27-25(31)19-6-5-13-30(14-19)15-23-28-24(29-34-23)18-9-11-20(26)12-10-18/h3-4,7-12,17,19H,5-6,13-16H2,1-2H3,(H,27,31). The first-order valence-electron chi connectivity index (χ1n) is 11.4. The number of hydrogen-bond donors (Lipinski definition) is 1. The normalized spacial score (nSPS) is 17.2. The molecule has 0 saturated carbocycles. The fraction of sp³-hybridized carbons (Fsp3) is 0.400. The number of halogens is 1. The fourth-order valence-corrected chi connectivity index (χ4v) is 4.12. The Hall–Kier alpha value is -3.10. The van der Waals surface area contributed by atoms with Gasteiger partial charge in [-0.2, -0.15) is 4.98 Å². The van der Waals surface area contributed by atoms with E-state index < -0.39 is 0 Å². The largest absolute Gasteiger partial charge is 0.493 e. The Bertz CT molecular complexity index is 1090. The van der Waals surface area contributed by atoms with Crippen LogP contribution in [0.4, 0.5) is 0 Å². The van der Waals surface area contributed by atoms with E-state index in [-0.39, 0.29) is 17.9 Å². The van der Waals surface area contributed by atoms with Gasteiger partial charge in [-0.1, -0.05) is 28.9 Å². The molecule has 0 bridgehead atoms. The summed E-state index contributed by atoms with van der Waals surface area (Å²) < 4.78 is 16.6. The number of amides is 1. The number of para-hydroxylation sites is 2. The zero-order valence-corrected chi connectivity index (χ0v) is 20.1. The van der Waals surface area contributed by atoms with Gasteiger partial charge in [0.25, 0.3) is 0 Å². The molecule has 1 aromatic heterocycles. The topological polar surface area (TPSA) is 89.7 Å². The van der Waals surface area contributed by atoms with Gasteiger partial charge in [0.1, 0.15) is 6.61 Å². The quantitative estimate of drug-likeness (QED) is 0.487. The molecule has 0 spiro atoms. The molecule has 3 aromatic rings. The Labute approximate surface area is 204 Å². The molecule has 1 amide bonds. The Kier molecular flexibility index (Phi) is 8.03. The van der Waals surface area contributed by atoms with Crippen molar-refractivity contribution >= 4 is 17.5 Å². The maximum absolute atomic E-state index is 12.9. The zero-order chi connectivity index (χ0) is 23.9. The van der Waals surface area contributed by atoms with Crippen molar-refractivity contribution in [1.29, 1.82) is 0 Å². The number of hydrogen-bond acceptors (Lipinski definition) is 7. The first-order chi connectivity index (χ1) is 16.5. The fourth-order valence-electron chi connectivity index (χ4n) is 3.99. The Balaban J connectivity index is 1.27. The van der Waals surface area contributed by atoms with Crippen molar-refractivity contribution in [3.63, 3.8) is 0 Å². The molecule has 1 fully saturated rings. The van der Waals surface area contributed by atoms with Crippen molar-refractivity contribution in [2.75, 3.05) is 26.8 Å². The molecule has 1 N–H and O–H groups in total. The summed E-state index contributed by atoms with van der Waals surface area (Å²) in [5, 5.41) is 7.81. The van der Waals surface area contributed by atoms with Crippen LogP contribution in [0.2, 0.25) is 5.02 Å². The van der Waals surface area contributed by atoms with Crippen LogP contribution in [0.25, 0.3) is 11.4 Å². The first-order valence-corrected chi connectivity index (χ1v) is 11.8. The summed E-state index contributed by atoms with van der Waals surface area (Å²) in [5.41, 5.74) is 0.847. The van der Waals surface area contributed by atoms with Gasteiger partial charge < -0.3 is 19.3 Å². The van der Waals surface area contributed by atoms with Crippen LogP contribution < -0.4 is 14.8 Å². The molecule has 1 aliphatic heterocycles. The molecule has 2 heterocycles. The van der Waals surface area contributed by atoms with Gasteiger partial charge in [-0.15, -0.1) is 0 Å². The van der Waals surface area contributed by atoms with Gasteiger partial charge in [-0.25, -0.2) is 0 Å². The molecule has 180 valence electrons. The van der Waals surface area contributed by atoms with Gasteiger partial charge in [0.05, 0.1) is 25.6 Å². The van der Waals surface area contributed by atoms with Crippen LogP contribution in [0.5, 0.6) is 11.5 Å². The lowest BCUT2D eigenvalue weighted by molar-refractivity contribution is -0.127. The van der Waals surface area contributed by atoms with Crippen LogP contribution in [-0.2, 0) is 11.3 Å². The molecule has 4 rings (SSSR count). The minimum Gasteiger partial charge on any atom is -0.493 e. The maximum Gasteiger partial charge on any atom is 0.241 e. The molecule has 0 aliphatic carbocycles. The van der Waals surface area contributed by atoms with E-state index in [0.29, 0.717) is 47.9 Å². The second-order valence-electron chi connectivity index (χ2n) is 8.46. The van der Waals surface area contributed by atoms with Crippen LogP contribution in [-0.4, -0.2) is 53.8 Å². The van der Waals surface area contributed by atoms with Gasteiger partial charge in [0.15, 0.2) is 11.5 Å². The Morgan fingerprint density at radius 3 is 2.76 bits per heavy atom. The number of methoxy groups -OCH3 is 1. The number of benzene rings is 2. The molecule has 2 unspecified atom stereocenters. The van der Waals surface area contributed by atoms with Crippen molar-refractivity contribution in [2.24, 2.45) is 5.92 Å². The van der Waals surface area contributed by atoms with Gasteiger partial charge in [-0.05, 0) is 62.7 Å². The number of carbonyl (C=O) groups excluding carboxylic acids is 1. The van der Waals surface area contributed by atoms with E-state index in [9.17, 15) is 4.79 Å². The van der Waals surface area contributed by atoms with Crippen molar-refractivity contribution in [2.45, 2.75) is 32.4 Å². The van der Waals surface area contributed by atoms with Crippen molar-refractivity contribution in [1.82, 2.24) is 20.4 Å². The van der Waals surface area contributed by atoms with Gasteiger partial charge in [0, 0.05) is 17.1 Å². The summed E-state index contributed by atoms with van der Waals surface area (Å²) in [4.78, 5) is 19.6. The van der Waals surface area contributed by atoms with Gasteiger partial charge in [0.2, 0.25) is 17.6 Å². The lowest BCUT2D eigenvalue weighted by Gasteiger charge is -2.31.